The Labute approximate surface area is 211 Å². The number of carbonyl (C=O) groups is 2. The van der Waals surface area contributed by atoms with Crippen LogP contribution in [-0.4, -0.2) is 64.6 Å². The highest BCUT2D eigenvalue weighted by atomic mass is 19.4. The molecule has 2 aromatic rings. The highest BCUT2D eigenvalue weighted by molar-refractivity contribution is 5.90. The van der Waals surface area contributed by atoms with Crippen LogP contribution in [-0.2, 0) is 21.9 Å². The van der Waals surface area contributed by atoms with Gasteiger partial charge in [0.15, 0.2) is 11.3 Å². The number of halogens is 6. The first-order valence-corrected chi connectivity index (χ1v) is 11.7. The number of ketones is 1. The third kappa shape index (κ3) is 6.07. The van der Waals surface area contributed by atoms with Gasteiger partial charge in [-0.1, -0.05) is 0 Å². The van der Waals surface area contributed by atoms with Crippen molar-refractivity contribution in [3.63, 3.8) is 0 Å². The second-order valence-electron chi connectivity index (χ2n) is 9.10. The Morgan fingerprint density at radius 1 is 0.974 bits per heavy atom. The summed E-state index contributed by atoms with van der Waals surface area (Å²) in [6.07, 6.45) is -7.33. The van der Waals surface area contributed by atoms with Gasteiger partial charge in [0, 0.05) is 44.7 Å². The molecule has 1 aliphatic carbocycles. The Balaban J connectivity index is 1.27. The van der Waals surface area contributed by atoms with E-state index in [1.54, 1.807) is 14.9 Å². The number of Topliss-reactive ketones (excluding diaryl/α,β-unsaturated/α-hetero) is 1. The van der Waals surface area contributed by atoms with Gasteiger partial charge in [-0.2, -0.15) is 31.4 Å². The number of aromatic amines is 1. The number of H-pyrrole nitrogens is 1. The smallest absolute Gasteiger partial charge is 0.425 e. The molecule has 2 fully saturated rings. The molecule has 1 saturated heterocycles. The van der Waals surface area contributed by atoms with Crippen LogP contribution in [0.15, 0.2) is 29.3 Å². The zero-order chi connectivity index (χ0) is 27.7. The normalized spacial score (nSPS) is 20.6. The average Bonchev–Trinajstić information content (AvgIpc) is 3.20. The second-order valence-corrected chi connectivity index (χ2v) is 9.10. The Hall–Kier alpha value is -3.65. The maximum absolute atomic E-state index is 13.2. The van der Waals surface area contributed by atoms with Crippen molar-refractivity contribution >= 4 is 17.5 Å². The largest absolute Gasteiger partial charge is 0.490 e. The van der Waals surface area contributed by atoms with Crippen molar-refractivity contribution in [3.8, 4) is 5.75 Å². The molecule has 0 bridgehead atoms. The summed E-state index contributed by atoms with van der Waals surface area (Å²) in [5, 5.41) is 5.02. The minimum absolute atomic E-state index is 0.0613. The third-order valence-corrected chi connectivity index (χ3v) is 6.67. The predicted molar refractivity (Wildman–Crippen MR) is 119 cm³/mol. The second kappa shape index (κ2) is 10.6. The van der Waals surface area contributed by atoms with Crippen molar-refractivity contribution in [2.24, 2.45) is 11.8 Å². The zero-order valence-corrected chi connectivity index (χ0v) is 19.8. The van der Waals surface area contributed by atoms with Gasteiger partial charge < -0.3 is 14.5 Å². The molecule has 0 radical (unpaired) electrons. The molecular weight excluding hydrogens is 524 g/mol. The summed E-state index contributed by atoms with van der Waals surface area (Å²) < 4.78 is 82.8. The summed E-state index contributed by atoms with van der Waals surface area (Å²) >= 11 is 0. The number of pyridine rings is 1. The van der Waals surface area contributed by atoms with E-state index in [9.17, 15) is 40.7 Å². The number of hydrogen-bond donors (Lipinski definition) is 1. The molecule has 1 amide bonds. The van der Waals surface area contributed by atoms with Gasteiger partial charge in [-0.3, -0.25) is 14.4 Å². The van der Waals surface area contributed by atoms with E-state index in [-0.39, 0.29) is 24.7 Å². The van der Waals surface area contributed by atoms with Crippen LogP contribution in [0.4, 0.5) is 32.2 Å². The molecule has 2 atom stereocenters. The van der Waals surface area contributed by atoms with E-state index in [0.29, 0.717) is 44.8 Å². The lowest BCUT2D eigenvalue weighted by Gasteiger charge is -2.35. The maximum Gasteiger partial charge on any atom is 0.425 e. The van der Waals surface area contributed by atoms with Crippen molar-refractivity contribution in [2.75, 3.05) is 37.7 Å². The van der Waals surface area contributed by atoms with Crippen molar-refractivity contribution in [1.82, 2.24) is 20.1 Å². The van der Waals surface area contributed by atoms with Gasteiger partial charge in [0.25, 0.3) is 5.56 Å². The molecule has 2 aliphatic rings. The van der Waals surface area contributed by atoms with Crippen LogP contribution in [0.1, 0.15) is 30.4 Å². The fourth-order valence-corrected chi connectivity index (χ4v) is 4.60. The fourth-order valence-electron chi connectivity index (χ4n) is 4.60. The lowest BCUT2D eigenvalue weighted by atomic mass is 9.99. The highest BCUT2D eigenvalue weighted by Gasteiger charge is 2.40. The monoisotopic (exact) mass is 547 g/mol. The number of nitrogens with one attached hydrogen (secondary N) is 1. The summed E-state index contributed by atoms with van der Waals surface area (Å²) in [7, 11) is 0. The Morgan fingerprint density at radius 3 is 2.26 bits per heavy atom. The number of piperazine rings is 1. The molecule has 1 saturated carbocycles. The van der Waals surface area contributed by atoms with Gasteiger partial charge in [-0.05, 0) is 25.0 Å². The van der Waals surface area contributed by atoms with Crippen molar-refractivity contribution in [1.29, 1.82) is 0 Å². The van der Waals surface area contributed by atoms with Crippen LogP contribution in [0.25, 0.3) is 0 Å². The number of carbonyl (C=O) groups excluding carboxylic acids is 2. The average molecular weight is 547 g/mol. The summed E-state index contributed by atoms with van der Waals surface area (Å²) in [6.45, 7) is 0.919. The molecule has 0 aromatic carbocycles. The molecule has 0 unspecified atom stereocenters. The Morgan fingerprint density at radius 2 is 1.66 bits per heavy atom. The SMILES string of the molecule is O=C1[C@@H](CC(=O)N2CCN(c3ccc(C(F)(F)F)cn3)CC2)CC[C@H]1COc1cn[nH]c(=O)c1C(F)(F)F. The third-order valence-electron chi connectivity index (χ3n) is 6.67. The number of amides is 1. The quantitative estimate of drug-likeness (QED) is 0.554. The summed E-state index contributed by atoms with van der Waals surface area (Å²) in [5.74, 6) is -2.29. The first-order valence-electron chi connectivity index (χ1n) is 11.7. The molecule has 4 rings (SSSR count). The van der Waals surface area contributed by atoms with Crippen molar-refractivity contribution in [2.45, 2.75) is 31.6 Å². The first kappa shape index (κ1) is 27.4. The van der Waals surface area contributed by atoms with E-state index in [1.165, 1.54) is 6.07 Å². The minimum Gasteiger partial charge on any atom is -0.490 e. The fraction of sp³-hybridized carbons (Fsp3) is 0.522. The van der Waals surface area contributed by atoms with Crippen LogP contribution in [0.3, 0.4) is 0 Å². The molecule has 0 spiro atoms. The van der Waals surface area contributed by atoms with Crippen LogP contribution in [0.5, 0.6) is 5.75 Å². The molecule has 3 heterocycles. The number of nitrogens with zero attached hydrogens (tertiary/aromatic N) is 4. The van der Waals surface area contributed by atoms with Gasteiger partial charge in [0.05, 0.1) is 24.3 Å². The lowest BCUT2D eigenvalue weighted by molar-refractivity contribution is -0.140. The maximum atomic E-state index is 13.2. The summed E-state index contributed by atoms with van der Waals surface area (Å²) in [5.41, 5.74) is -3.84. The standard InChI is InChI=1S/C23H23F6N5O4/c24-22(25,26)15-3-4-17(30-10-15)33-5-7-34(8-6-33)18(35)9-13-1-2-14(20(13)36)12-38-16-11-31-32-21(37)19(16)23(27,28)29/h3-4,10-11,13-14H,1-2,5-9,12H2,(H,32,37)/t13-,14+/m1/s1. The highest BCUT2D eigenvalue weighted by Crippen LogP contribution is 2.35. The van der Waals surface area contributed by atoms with Crippen LogP contribution in [0, 0.1) is 11.8 Å². The topological polar surface area (TPSA) is 108 Å². The van der Waals surface area contributed by atoms with Gasteiger partial charge in [0.1, 0.15) is 11.6 Å². The van der Waals surface area contributed by atoms with Gasteiger partial charge in [0.2, 0.25) is 5.91 Å². The number of ether oxygens (including phenoxy) is 1. The van der Waals surface area contributed by atoms with Crippen LogP contribution in [0.2, 0.25) is 0 Å². The molecule has 2 aromatic heterocycles. The van der Waals surface area contributed by atoms with E-state index in [4.69, 9.17) is 4.74 Å². The number of alkyl halides is 6. The number of hydrogen-bond acceptors (Lipinski definition) is 7. The Bertz CT molecular complexity index is 1220. The molecule has 206 valence electrons. The number of anilines is 1. The zero-order valence-electron chi connectivity index (χ0n) is 19.8. The van der Waals surface area contributed by atoms with E-state index in [1.807, 2.05) is 0 Å². The Kier molecular flexibility index (Phi) is 7.65. The molecule has 1 aliphatic heterocycles. The predicted octanol–water partition coefficient (Wildman–Crippen LogP) is 2.92. The molecule has 15 heteroatoms. The van der Waals surface area contributed by atoms with Crippen LogP contribution < -0.4 is 15.2 Å². The first-order chi connectivity index (χ1) is 17.8. The van der Waals surface area contributed by atoms with Gasteiger partial charge >= 0.3 is 12.4 Å². The molecule has 1 N–H and O–H groups in total. The number of aromatic nitrogens is 3. The molecular formula is C23H23F6N5O4. The van der Waals surface area contributed by atoms with Crippen molar-refractivity contribution in [3.05, 3.63) is 46.0 Å². The van der Waals surface area contributed by atoms with E-state index in [0.717, 1.165) is 18.5 Å². The number of rotatable bonds is 6. The minimum atomic E-state index is -4.97. The van der Waals surface area contributed by atoms with Crippen molar-refractivity contribution < 1.29 is 40.7 Å². The van der Waals surface area contributed by atoms with Crippen LogP contribution >= 0.6 is 0 Å². The summed E-state index contributed by atoms with van der Waals surface area (Å²) in [4.78, 5) is 44.3. The van der Waals surface area contributed by atoms with E-state index >= 15 is 0 Å². The van der Waals surface area contributed by atoms with E-state index in [2.05, 4.69) is 10.1 Å². The summed E-state index contributed by atoms with van der Waals surface area (Å²) in [6, 6.07) is 2.22. The van der Waals surface area contributed by atoms with Gasteiger partial charge in [-0.15, -0.1) is 0 Å². The van der Waals surface area contributed by atoms with Gasteiger partial charge in [-0.25, -0.2) is 10.1 Å². The molecule has 38 heavy (non-hydrogen) atoms. The van der Waals surface area contributed by atoms with E-state index < -0.39 is 46.6 Å². The lowest BCUT2D eigenvalue weighted by Crippen LogP contribution is -2.49. The molecule has 9 nitrogen and oxygen atoms in total.